The zero-order chi connectivity index (χ0) is 23.8. The SMILES string of the molecule is CCCCCCCCC#Cc1ccc2cc3cc(C#CCCCCCCCC)ccc3cc2c1. The molecule has 0 fully saturated rings. The van der Waals surface area contributed by atoms with E-state index in [0.717, 1.165) is 24.0 Å². The Morgan fingerprint density at radius 2 is 0.853 bits per heavy atom. The predicted molar refractivity (Wildman–Crippen MR) is 151 cm³/mol. The minimum absolute atomic E-state index is 1.00. The van der Waals surface area contributed by atoms with Crippen molar-refractivity contribution in [3.05, 3.63) is 59.7 Å². The maximum Gasteiger partial charge on any atom is 0.0251 e. The molecule has 0 aliphatic carbocycles. The summed E-state index contributed by atoms with van der Waals surface area (Å²) in [6, 6.07) is 17.8. The lowest BCUT2D eigenvalue weighted by molar-refractivity contribution is 0.614. The molecule has 0 saturated heterocycles. The van der Waals surface area contributed by atoms with Gasteiger partial charge in [0.1, 0.15) is 0 Å². The number of fused-ring (bicyclic) bond motifs is 2. The number of unbranched alkanes of at least 4 members (excludes halogenated alkanes) is 12. The van der Waals surface area contributed by atoms with Crippen LogP contribution in [0.1, 0.15) is 115 Å². The first-order chi connectivity index (χ1) is 16.8. The molecule has 0 heterocycles. The third-order valence-corrected chi connectivity index (χ3v) is 6.57. The molecule has 0 N–H and O–H groups in total. The normalized spacial score (nSPS) is 10.6. The highest BCUT2D eigenvalue weighted by Crippen LogP contribution is 2.24. The number of hydrogen-bond acceptors (Lipinski definition) is 0. The third kappa shape index (κ3) is 8.92. The Bertz CT molecular complexity index is 1050. The van der Waals surface area contributed by atoms with Crippen LogP contribution in [0.3, 0.4) is 0 Å². The molecule has 0 amide bonds. The van der Waals surface area contributed by atoms with Crippen molar-refractivity contribution in [2.24, 2.45) is 0 Å². The van der Waals surface area contributed by atoms with E-state index >= 15 is 0 Å². The van der Waals surface area contributed by atoms with E-state index in [1.165, 1.54) is 98.6 Å². The zero-order valence-electron chi connectivity index (χ0n) is 21.5. The van der Waals surface area contributed by atoms with E-state index in [4.69, 9.17) is 0 Å². The minimum Gasteiger partial charge on any atom is -0.0979 e. The maximum atomic E-state index is 3.38. The van der Waals surface area contributed by atoms with Crippen LogP contribution < -0.4 is 0 Å². The Kier molecular flexibility index (Phi) is 11.6. The van der Waals surface area contributed by atoms with E-state index in [1.807, 2.05) is 0 Å². The lowest BCUT2D eigenvalue weighted by Crippen LogP contribution is -1.82. The second kappa shape index (κ2) is 15.3. The summed E-state index contributed by atoms with van der Waals surface area (Å²) in [6.07, 6.45) is 17.9. The highest BCUT2D eigenvalue weighted by Gasteiger charge is 2.00. The highest BCUT2D eigenvalue weighted by molar-refractivity contribution is 5.99. The molecule has 3 aromatic rings. The maximum absolute atomic E-state index is 3.38. The van der Waals surface area contributed by atoms with Crippen LogP contribution in [0.25, 0.3) is 21.5 Å². The van der Waals surface area contributed by atoms with E-state index in [-0.39, 0.29) is 0 Å². The van der Waals surface area contributed by atoms with Gasteiger partial charge in [0.2, 0.25) is 0 Å². The van der Waals surface area contributed by atoms with Gasteiger partial charge < -0.3 is 0 Å². The molecule has 0 spiro atoms. The van der Waals surface area contributed by atoms with Crippen molar-refractivity contribution in [2.75, 3.05) is 0 Å². The van der Waals surface area contributed by atoms with E-state index < -0.39 is 0 Å². The molecule has 0 saturated carbocycles. The fraction of sp³-hybridized carbons (Fsp3) is 0.471. The van der Waals surface area contributed by atoms with E-state index in [1.54, 1.807) is 0 Å². The molecule has 3 rings (SSSR count). The number of benzene rings is 3. The fourth-order valence-corrected chi connectivity index (χ4v) is 4.47. The van der Waals surface area contributed by atoms with Crippen molar-refractivity contribution < 1.29 is 0 Å². The van der Waals surface area contributed by atoms with Crippen LogP contribution in [0.4, 0.5) is 0 Å². The van der Waals surface area contributed by atoms with Gasteiger partial charge in [0, 0.05) is 24.0 Å². The monoisotopic (exact) mass is 450 g/mol. The van der Waals surface area contributed by atoms with E-state index in [9.17, 15) is 0 Å². The number of rotatable bonds is 12. The van der Waals surface area contributed by atoms with Gasteiger partial charge in [0.15, 0.2) is 0 Å². The van der Waals surface area contributed by atoms with Gasteiger partial charge in [-0.1, -0.05) is 114 Å². The Labute approximate surface area is 208 Å². The average Bonchev–Trinajstić information content (AvgIpc) is 2.86. The Morgan fingerprint density at radius 3 is 1.29 bits per heavy atom. The average molecular weight is 451 g/mol. The Morgan fingerprint density at radius 1 is 0.441 bits per heavy atom. The van der Waals surface area contributed by atoms with Crippen molar-refractivity contribution >= 4 is 21.5 Å². The Balaban J connectivity index is 1.56. The van der Waals surface area contributed by atoms with Crippen LogP contribution >= 0.6 is 0 Å². The summed E-state index contributed by atoms with van der Waals surface area (Å²) in [7, 11) is 0. The molecule has 178 valence electrons. The fourth-order valence-electron chi connectivity index (χ4n) is 4.47. The first-order valence-corrected chi connectivity index (χ1v) is 13.8. The summed E-state index contributed by atoms with van der Waals surface area (Å²) in [5, 5.41) is 5.07. The van der Waals surface area contributed by atoms with Crippen molar-refractivity contribution in [3.8, 4) is 23.7 Å². The van der Waals surface area contributed by atoms with Crippen LogP contribution in [0.5, 0.6) is 0 Å². The molecule has 0 atom stereocenters. The Hall–Kier alpha value is -2.70. The summed E-state index contributed by atoms with van der Waals surface area (Å²) in [5.74, 6) is 13.5. The predicted octanol–water partition coefficient (Wildman–Crippen LogP) is 10.2. The van der Waals surface area contributed by atoms with Gasteiger partial charge in [-0.3, -0.25) is 0 Å². The van der Waals surface area contributed by atoms with Gasteiger partial charge in [0.05, 0.1) is 0 Å². The van der Waals surface area contributed by atoms with Gasteiger partial charge in [-0.05, 0) is 70.8 Å². The summed E-state index contributed by atoms with van der Waals surface area (Å²) in [6.45, 7) is 4.53. The van der Waals surface area contributed by atoms with Gasteiger partial charge >= 0.3 is 0 Å². The molecule has 3 aromatic carbocycles. The minimum atomic E-state index is 1.00. The topological polar surface area (TPSA) is 0 Å². The van der Waals surface area contributed by atoms with E-state index in [2.05, 4.69) is 86.1 Å². The molecule has 0 aliphatic rings. The molecule has 34 heavy (non-hydrogen) atoms. The second-order valence-electron chi connectivity index (χ2n) is 9.62. The summed E-state index contributed by atoms with van der Waals surface area (Å²) in [5.41, 5.74) is 2.24. The molecule has 0 radical (unpaired) electrons. The standard InChI is InChI=1S/C34H42/c1-3-5-7-9-11-13-15-17-19-29-21-23-31-28-34-26-30(22-24-32(34)27-33(31)25-29)20-18-16-14-12-10-8-6-4-2/h21-28H,3-16H2,1-2H3. The van der Waals surface area contributed by atoms with Gasteiger partial charge in [0.25, 0.3) is 0 Å². The smallest absolute Gasteiger partial charge is 0.0251 e. The lowest BCUT2D eigenvalue weighted by Gasteiger charge is -2.04. The lowest BCUT2D eigenvalue weighted by atomic mass is 10.00. The van der Waals surface area contributed by atoms with Crippen LogP contribution in [-0.2, 0) is 0 Å². The summed E-state index contributed by atoms with van der Waals surface area (Å²) >= 11 is 0. The van der Waals surface area contributed by atoms with Crippen molar-refractivity contribution in [1.82, 2.24) is 0 Å². The largest absolute Gasteiger partial charge is 0.0979 e. The highest BCUT2D eigenvalue weighted by atomic mass is 14.0. The quantitative estimate of drug-likeness (QED) is 0.146. The van der Waals surface area contributed by atoms with Crippen LogP contribution in [0.15, 0.2) is 48.5 Å². The van der Waals surface area contributed by atoms with Gasteiger partial charge in [-0.15, -0.1) is 0 Å². The first-order valence-electron chi connectivity index (χ1n) is 13.8. The van der Waals surface area contributed by atoms with Crippen LogP contribution in [0, 0.1) is 23.7 Å². The first kappa shape index (κ1) is 25.9. The van der Waals surface area contributed by atoms with Crippen molar-refractivity contribution in [2.45, 2.75) is 104 Å². The van der Waals surface area contributed by atoms with E-state index in [0.29, 0.717) is 0 Å². The molecule has 0 heteroatoms. The molecule has 0 aromatic heterocycles. The van der Waals surface area contributed by atoms with Gasteiger partial charge in [-0.25, -0.2) is 0 Å². The van der Waals surface area contributed by atoms with Crippen LogP contribution in [0.2, 0.25) is 0 Å². The van der Waals surface area contributed by atoms with Gasteiger partial charge in [-0.2, -0.15) is 0 Å². The number of hydrogen-bond donors (Lipinski definition) is 0. The summed E-state index contributed by atoms with van der Waals surface area (Å²) < 4.78 is 0. The molecule has 0 aliphatic heterocycles. The zero-order valence-corrected chi connectivity index (χ0v) is 21.5. The summed E-state index contributed by atoms with van der Waals surface area (Å²) in [4.78, 5) is 0. The second-order valence-corrected chi connectivity index (χ2v) is 9.62. The van der Waals surface area contributed by atoms with Crippen molar-refractivity contribution in [1.29, 1.82) is 0 Å². The van der Waals surface area contributed by atoms with Crippen LogP contribution in [-0.4, -0.2) is 0 Å². The molecular formula is C34H42. The molecule has 0 unspecified atom stereocenters. The third-order valence-electron chi connectivity index (χ3n) is 6.57. The molecule has 0 nitrogen and oxygen atoms in total. The van der Waals surface area contributed by atoms with Crippen molar-refractivity contribution in [3.63, 3.8) is 0 Å². The molecule has 0 bridgehead atoms. The molecular weight excluding hydrogens is 408 g/mol.